The molecule has 5 heteroatoms. The van der Waals surface area contributed by atoms with Crippen molar-refractivity contribution in [3.05, 3.63) is 35.9 Å². The number of carbonyl (C=O) groups is 1. The molecule has 3 N–H and O–H groups in total. The fourth-order valence-corrected chi connectivity index (χ4v) is 1.44. The first-order chi connectivity index (χ1) is 7.69. The molecular weight excluding hydrogens is 240 g/mol. The van der Waals surface area contributed by atoms with Crippen LogP contribution in [0.1, 0.15) is 18.5 Å². The molecule has 1 aromatic carbocycles. The molecule has 4 nitrogen and oxygen atoms in total. The van der Waals surface area contributed by atoms with Gasteiger partial charge < -0.3 is 15.8 Å². The van der Waals surface area contributed by atoms with E-state index in [4.69, 9.17) is 10.5 Å². The van der Waals surface area contributed by atoms with E-state index in [1.807, 2.05) is 37.3 Å². The van der Waals surface area contributed by atoms with Gasteiger partial charge in [0.05, 0.1) is 6.04 Å². The molecule has 1 amide bonds. The normalized spacial score (nSPS) is 13.4. The average Bonchev–Trinajstić information content (AvgIpc) is 2.31. The summed E-state index contributed by atoms with van der Waals surface area (Å²) >= 11 is 0. The van der Waals surface area contributed by atoms with Crippen LogP contribution in [-0.2, 0) is 9.53 Å². The van der Waals surface area contributed by atoms with Gasteiger partial charge in [-0.2, -0.15) is 0 Å². The van der Waals surface area contributed by atoms with E-state index in [1.54, 1.807) is 0 Å². The molecule has 0 saturated carbocycles. The number of amides is 1. The van der Waals surface area contributed by atoms with Gasteiger partial charge in [0, 0.05) is 13.7 Å². The predicted molar refractivity (Wildman–Crippen MR) is 70.1 cm³/mol. The first kappa shape index (κ1) is 15.9. The maximum absolute atomic E-state index is 11.7. The zero-order valence-electron chi connectivity index (χ0n) is 10.1. The summed E-state index contributed by atoms with van der Waals surface area (Å²) in [5.41, 5.74) is 6.47. The summed E-state index contributed by atoms with van der Waals surface area (Å²) in [6, 6.07) is 9.71. The Morgan fingerprint density at radius 1 is 1.41 bits per heavy atom. The van der Waals surface area contributed by atoms with Gasteiger partial charge in [0.1, 0.15) is 6.10 Å². The average molecular weight is 259 g/mol. The highest BCUT2D eigenvalue weighted by Crippen LogP contribution is 2.11. The number of hydrogen-bond donors (Lipinski definition) is 2. The number of benzene rings is 1. The number of methoxy groups -OCH3 is 1. The molecule has 0 spiro atoms. The summed E-state index contributed by atoms with van der Waals surface area (Å²) in [5.74, 6) is -0.179. The third-order valence-electron chi connectivity index (χ3n) is 2.45. The van der Waals surface area contributed by atoms with Crippen LogP contribution in [-0.4, -0.2) is 25.7 Å². The first-order valence-corrected chi connectivity index (χ1v) is 5.27. The molecule has 1 unspecified atom stereocenters. The molecule has 0 aliphatic heterocycles. The van der Waals surface area contributed by atoms with Gasteiger partial charge in [-0.05, 0) is 12.5 Å². The fourth-order valence-electron chi connectivity index (χ4n) is 1.44. The van der Waals surface area contributed by atoms with Crippen molar-refractivity contribution in [2.24, 2.45) is 5.73 Å². The third kappa shape index (κ3) is 4.73. The largest absolute Gasteiger partial charge is 0.370 e. The molecule has 0 fully saturated rings. The van der Waals surface area contributed by atoms with E-state index in [1.165, 1.54) is 7.11 Å². The monoisotopic (exact) mass is 258 g/mol. The van der Waals surface area contributed by atoms with Crippen LogP contribution in [0.15, 0.2) is 30.3 Å². The number of nitrogens with two attached hydrogens (primary N) is 1. The lowest BCUT2D eigenvalue weighted by molar-refractivity contribution is -0.131. The molecule has 0 saturated heterocycles. The van der Waals surface area contributed by atoms with Crippen molar-refractivity contribution in [2.75, 3.05) is 13.7 Å². The van der Waals surface area contributed by atoms with Gasteiger partial charge in [-0.1, -0.05) is 30.3 Å². The van der Waals surface area contributed by atoms with E-state index >= 15 is 0 Å². The summed E-state index contributed by atoms with van der Waals surface area (Å²) in [6.45, 7) is 2.11. The number of carbonyl (C=O) groups excluding carboxylic acids is 1. The molecular formula is C12H19ClN2O2. The summed E-state index contributed by atoms with van der Waals surface area (Å²) in [5, 5.41) is 2.85. The Hall–Kier alpha value is -1.10. The van der Waals surface area contributed by atoms with Crippen LogP contribution in [0.25, 0.3) is 0 Å². The van der Waals surface area contributed by atoms with Crippen molar-refractivity contribution in [3.8, 4) is 0 Å². The molecule has 0 aliphatic carbocycles. The van der Waals surface area contributed by atoms with Crippen LogP contribution in [0.2, 0.25) is 0 Å². The van der Waals surface area contributed by atoms with Gasteiger partial charge in [0.15, 0.2) is 0 Å². The van der Waals surface area contributed by atoms with Crippen molar-refractivity contribution >= 4 is 18.3 Å². The van der Waals surface area contributed by atoms with Gasteiger partial charge in [-0.15, -0.1) is 12.4 Å². The molecule has 96 valence electrons. The maximum Gasteiger partial charge on any atom is 0.250 e. The van der Waals surface area contributed by atoms with Crippen LogP contribution in [0.5, 0.6) is 0 Å². The minimum absolute atomic E-state index is 0. The van der Waals surface area contributed by atoms with E-state index in [9.17, 15) is 4.79 Å². The summed E-state index contributed by atoms with van der Waals surface area (Å²) < 4.78 is 4.96. The van der Waals surface area contributed by atoms with Crippen molar-refractivity contribution < 1.29 is 9.53 Å². The smallest absolute Gasteiger partial charge is 0.250 e. The Labute approximate surface area is 108 Å². The second kappa shape index (κ2) is 8.06. The van der Waals surface area contributed by atoms with Gasteiger partial charge in [-0.25, -0.2) is 0 Å². The van der Waals surface area contributed by atoms with Crippen molar-refractivity contribution in [1.29, 1.82) is 0 Å². The second-order valence-electron chi connectivity index (χ2n) is 3.60. The fraction of sp³-hybridized carbons (Fsp3) is 0.417. The lowest BCUT2D eigenvalue weighted by Gasteiger charge is -2.18. The molecule has 17 heavy (non-hydrogen) atoms. The molecule has 2 atom stereocenters. The van der Waals surface area contributed by atoms with Crippen molar-refractivity contribution in [1.82, 2.24) is 5.32 Å². The number of rotatable bonds is 5. The zero-order chi connectivity index (χ0) is 12.0. The highest BCUT2D eigenvalue weighted by molar-refractivity contribution is 5.85. The van der Waals surface area contributed by atoms with E-state index in [0.29, 0.717) is 0 Å². The van der Waals surface area contributed by atoms with Crippen LogP contribution in [0, 0.1) is 0 Å². The first-order valence-electron chi connectivity index (χ1n) is 5.27. The molecule has 0 heterocycles. The van der Waals surface area contributed by atoms with Crippen LogP contribution in [0.3, 0.4) is 0 Å². The highest BCUT2D eigenvalue weighted by Gasteiger charge is 2.17. The van der Waals surface area contributed by atoms with Gasteiger partial charge >= 0.3 is 0 Å². The molecule has 0 bridgehead atoms. The predicted octanol–water partition coefficient (Wildman–Crippen LogP) is 1.26. The Kier molecular flexibility index (Phi) is 7.54. The topological polar surface area (TPSA) is 64.3 Å². The van der Waals surface area contributed by atoms with E-state index in [2.05, 4.69) is 5.32 Å². The molecule has 0 aromatic heterocycles. The van der Waals surface area contributed by atoms with Gasteiger partial charge in [-0.3, -0.25) is 4.79 Å². The lowest BCUT2D eigenvalue weighted by Crippen LogP contribution is -2.41. The summed E-state index contributed by atoms with van der Waals surface area (Å²) in [7, 11) is 1.48. The number of halogens is 1. The van der Waals surface area contributed by atoms with Gasteiger partial charge in [0.2, 0.25) is 0 Å². The number of hydrogen-bond acceptors (Lipinski definition) is 3. The minimum Gasteiger partial charge on any atom is -0.370 e. The third-order valence-corrected chi connectivity index (χ3v) is 2.45. The number of ether oxygens (including phenoxy) is 1. The minimum atomic E-state index is -0.578. The molecule has 1 aromatic rings. The van der Waals surface area contributed by atoms with Crippen molar-refractivity contribution in [2.45, 2.75) is 19.1 Å². The van der Waals surface area contributed by atoms with Crippen molar-refractivity contribution in [3.63, 3.8) is 0 Å². The standard InChI is InChI=1S/C12H18N2O2.ClH/c1-9(10-6-4-3-5-7-10)14-12(15)11(8-13)16-2;/h3-7,9,11H,8,13H2,1-2H3,(H,14,15);1H/t9-,11?;/m1./s1. The van der Waals surface area contributed by atoms with E-state index in [-0.39, 0.29) is 30.9 Å². The van der Waals surface area contributed by atoms with Crippen LogP contribution in [0.4, 0.5) is 0 Å². The molecule has 1 rings (SSSR count). The van der Waals surface area contributed by atoms with E-state index < -0.39 is 6.10 Å². The van der Waals surface area contributed by atoms with Gasteiger partial charge in [0.25, 0.3) is 5.91 Å². The quantitative estimate of drug-likeness (QED) is 0.836. The highest BCUT2D eigenvalue weighted by atomic mass is 35.5. The molecule has 0 aliphatic rings. The Balaban J connectivity index is 0.00000256. The Morgan fingerprint density at radius 2 is 2.00 bits per heavy atom. The van der Waals surface area contributed by atoms with Crippen LogP contribution >= 0.6 is 12.4 Å². The van der Waals surface area contributed by atoms with Crippen LogP contribution < -0.4 is 11.1 Å². The molecule has 0 radical (unpaired) electrons. The SMILES string of the molecule is COC(CN)C(=O)N[C@H](C)c1ccccc1.Cl. The Morgan fingerprint density at radius 3 is 2.47 bits per heavy atom. The zero-order valence-corrected chi connectivity index (χ0v) is 10.9. The summed E-state index contributed by atoms with van der Waals surface area (Å²) in [6.07, 6.45) is -0.578. The van der Waals surface area contributed by atoms with E-state index in [0.717, 1.165) is 5.56 Å². The Bertz CT molecular complexity index is 329. The number of nitrogens with one attached hydrogen (secondary N) is 1. The second-order valence-corrected chi connectivity index (χ2v) is 3.60. The lowest BCUT2D eigenvalue weighted by atomic mass is 10.1. The summed E-state index contributed by atoms with van der Waals surface area (Å²) in [4.78, 5) is 11.7. The maximum atomic E-state index is 11.7.